The normalized spacial score (nSPS) is 17.2. The molecular formula is C24H32N2O2S. The Morgan fingerprint density at radius 3 is 2.48 bits per heavy atom. The monoisotopic (exact) mass is 412 g/mol. The van der Waals surface area contributed by atoms with Crippen molar-refractivity contribution in [2.45, 2.75) is 59.5 Å². The van der Waals surface area contributed by atoms with Crippen molar-refractivity contribution < 1.29 is 9.59 Å². The number of fused-ring (bicyclic) bond motifs is 1. The average molecular weight is 413 g/mol. The van der Waals surface area contributed by atoms with Crippen LogP contribution < -0.4 is 0 Å². The number of carbonyl (C=O) groups excluding carboxylic acids is 2. The minimum absolute atomic E-state index is 0.0294. The molecule has 1 aliphatic heterocycles. The summed E-state index contributed by atoms with van der Waals surface area (Å²) in [5.41, 5.74) is 3.57. The number of thiophene rings is 1. The first-order valence-corrected chi connectivity index (χ1v) is 11.4. The Morgan fingerprint density at radius 1 is 1.17 bits per heavy atom. The maximum atomic E-state index is 13.5. The van der Waals surface area contributed by atoms with Gasteiger partial charge in [0.2, 0.25) is 11.8 Å². The van der Waals surface area contributed by atoms with Gasteiger partial charge in [0, 0.05) is 23.4 Å². The summed E-state index contributed by atoms with van der Waals surface area (Å²) in [7, 11) is 0. The first-order chi connectivity index (χ1) is 13.8. The van der Waals surface area contributed by atoms with E-state index in [9.17, 15) is 9.59 Å². The molecule has 4 nitrogen and oxygen atoms in total. The van der Waals surface area contributed by atoms with Gasteiger partial charge in [0.25, 0.3) is 0 Å². The van der Waals surface area contributed by atoms with Crippen LogP contribution in [-0.2, 0) is 16.0 Å². The van der Waals surface area contributed by atoms with Crippen LogP contribution in [0.3, 0.4) is 0 Å². The highest BCUT2D eigenvalue weighted by atomic mass is 32.1. The number of carbonyl (C=O) groups is 2. The van der Waals surface area contributed by atoms with Crippen LogP contribution in [0.5, 0.6) is 0 Å². The van der Waals surface area contributed by atoms with Crippen LogP contribution >= 0.6 is 11.3 Å². The van der Waals surface area contributed by atoms with Crippen LogP contribution in [0.1, 0.15) is 61.7 Å². The highest BCUT2D eigenvalue weighted by Gasteiger charge is 2.34. The predicted molar refractivity (Wildman–Crippen MR) is 119 cm³/mol. The van der Waals surface area contributed by atoms with Gasteiger partial charge in [-0.1, -0.05) is 50.6 Å². The van der Waals surface area contributed by atoms with Gasteiger partial charge < -0.3 is 9.80 Å². The van der Waals surface area contributed by atoms with Crippen molar-refractivity contribution in [3.63, 3.8) is 0 Å². The second kappa shape index (κ2) is 9.12. The van der Waals surface area contributed by atoms with Crippen LogP contribution in [0, 0.1) is 12.8 Å². The van der Waals surface area contributed by atoms with Gasteiger partial charge in [0.1, 0.15) is 6.54 Å². The van der Waals surface area contributed by atoms with E-state index >= 15 is 0 Å². The molecule has 2 heterocycles. The summed E-state index contributed by atoms with van der Waals surface area (Å²) in [6, 6.07) is 10.6. The summed E-state index contributed by atoms with van der Waals surface area (Å²) >= 11 is 1.77. The quantitative estimate of drug-likeness (QED) is 0.683. The molecular weight excluding hydrogens is 380 g/mol. The Kier molecular flexibility index (Phi) is 6.78. The van der Waals surface area contributed by atoms with E-state index < -0.39 is 0 Å². The minimum atomic E-state index is -0.116. The maximum Gasteiger partial charge on any atom is 0.243 e. The topological polar surface area (TPSA) is 40.6 Å². The summed E-state index contributed by atoms with van der Waals surface area (Å²) in [6.07, 6.45) is 1.71. The fourth-order valence-corrected chi connectivity index (χ4v) is 4.84. The molecule has 3 rings (SSSR count). The van der Waals surface area contributed by atoms with E-state index in [4.69, 9.17) is 0 Å². The lowest BCUT2D eigenvalue weighted by molar-refractivity contribution is -0.145. The summed E-state index contributed by atoms with van der Waals surface area (Å²) in [5, 5.41) is 2.12. The summed E-state index contributed by atoms with van der Waals surface area (Å²) in [5.74, 6) is -0.0379. The van der Waals surface area contributed by atoms with Crippen LogP contribution in [0.2, 0.25) is 0 Å². The zero-order chi connectivity index (χ0) is 21.1. The standard InChI is InChI=1S/C24H32N2O2S/c1-6-18(5)26(24(28)16(2)3)15-22(27)25-13-11-21-20(12-14-29-21)23(25)19-9-7-17(4)8-10-19/h7-10,12,14,16,18,23H,6,11,13,15H2,1-5H3/t18-,23-/m1/s1. The number of amides is 2. The smallest absolute Gasteiger partial charge is 0.243 e. The third-order valence-electron chi connectivity index (χ3n) is 5.88. The lowest BCUT2D eigenvalue weighted by Crippen LogP contribution is -2.50. The molecule has 5 heteroatoms. The van der Waals surface area contributed by atoms with Crippen molar-refractivity contribution in [3.05, 3.63) is 57.3 Å². The summed E-state index contributed by atoms with van der Waals surface area (Å²) < 4.78 is 0. The number of nitrogens with zero attached hydrogens (tertiary/aromatic N) is 2. The van der Waals surface area contributed by atoms with Crippen molar-refractivity contribution in [2.24, 2.45) is 5.92 Å². The molecule has 0 fully saturated rings. The van der Waals surface area contributed by atoms with Gasteiger partial charge in [-0.05, 0) is 49.3 Å². The lowest BCUT2D eigenvalue weighted by atomic mass is 9.92. The van der Waals surface area contributed by atoms with E-state index in [1.165, 1.54) is 16.0 Å². The fourth-order valence-electron chi connectivity index (χ4n) is 3.93. The molecule has 0 radical (unpaired) electrons. The van der Waals surface area contributed by atoms with Gasteiger partial charge in [-0.25, -0.2) is 0 Å². The molecule has 156 valence electrons. The molecule has 1 aliphatic rings. The number of rotatable bonds is 6. The Balaban J connectivity index is 1.91. The SMILES string of the molecule is CC[C@@H](C)N(CC(=O)N1CCc2sccc2[C@H]1c1ccc(C)cc1)C(=O)C(C)C. The second-order valence-corrected chi connectivity index (χ2v) is 9.33. The average Bonchev–Trinajstić information content (AvgIpc) is 3.19. The lowest BCUT2D eigenvalue weighted by Gasteiger charge is -2.39. The van der Waals surface area contributed by atoms with Crippen LogP contribution in [-0.4, -0.2) is 40.7 Å². The highest BCUT2D eigenvalue weighted by Crippen LogP contribution is 2.38. The molecule has 2 aromatic rings. The van der Waals surface area contributed by atoms with Gasteiger partial charge in [0.05, 0.1) is 6.04 Å². The third kappa shape index (κ3) is 4.55. The van der Waals surface area contributed by atoms with Crippen molar-refractivity contribution in [3.8, 4) is 0 Å². The van der Waals surface area contributed by atoms with E-state index in [-0.39, 0.29) is 36.4 Å². The minimum Gasteiger partial charge on any atom is -0.330 e. The molecule has 0 N–H and O–H groups in total. The Hall–Kier alpha value is -2.14. The van der Waals surface area contributed by atoms with Gasteiger partial charge in [-0.15, -0.1) is 11.3 Å². The zero-order valence-corrected chi connectivity index (χ0v) is 19.0. The molecule has 0 saturated heterocycles. The molecule has 2 atom stereocenters. The summed E-state index contributed by atoms with van der Waals surface area (Å²) in [4.78, 5) is 31.3. The van der Waals surface area contributed by atoms with Crippen molar-refractivity contribution >= 4 is 23.2 Å². The van der Waals surface area contributed by atoms with Crippen molar-refractivity contribution in [2.75, 3.05) is 13.1 Å². The van der Waals surface area contributed by atoms with Crippen LogP contribution in [0.15, 0.2) is 35.7 Å². The summed E-state index contributed by atoms with van der Waals surface area (Å²) in [6.45, 7) is 10.8. The number of benzene rings is 1. The molecule has 29 heavy (non-hydrogen) atoms. The molecule has 0 aliphatic carbocycles. The van der Waals surface area contributed by atoms with E-state index in [1.807, 2.05) is 25.7 Å². The Bertz CT molecular complexity index is 856. The molecule has 0 saturated carbocycles. The van der Waals surface area contributed by atoms with Gasteiger partial charge in [-0.2, -0.15) is 0 Å². The largest absolute Gasteiger partial charge is 0.330 e. The first kappa shape index (κ1) is 21.6. The zero-order valence-electron chi connectivity index (χ0n) is 18.1. The molecule has 0 unspecified atom stereocenters. The van der Waals surface area contributed by atoms with Crippen LogP contribution in [0.4, 0.5) is 0 Å². The molecule has 1 aromatic heterocycles. The predicted octanol–water partition coefficient (Wildman–Crippen LogP) is 4.81. The Labute approximate surface area is 178 Å². The van der Waals surface area contributed by atoms with Crippen LogP contribution in [0.25, 0.3) is 0 Å². The highest BCUT2D eigenvalue weighted by molar-refractivity contribution is 7.10. The second-order valence-electron chi connectivity index (χ2n) is 8.33. The van der Waals surface area contributed by atoms with E-state index in [2.05, 4.69) is 49.6 Å². The molecule has 0 bridgehead atoms. The first-order valence-electron chi connectivity index (χ1n) is 10.6. The molecule has 1 aromatic carbocycles. The fraction of sp³-hybridized carbons (Fsp3) is 0.500. The maximum absolute atomic E-state index is 13.5. The van der Waals surface area contributed by atoms with Crippen molar-refractivity contribution in [1.29, 1.82) is 0 Å². The van der Waals surface area contributed by atoms with E-state index in [0.717, 1.165) is 18.4 Å². The Morgan fingerprint density at radius 2 is 1.86 bits per heavy atom. The molecule has 2 amide bonds. The van der Waals surface area contributed by atoms with Gasteiger partial charge in [0.15, 0.2) is 0 Å². The molecule has 0 spiro atoms. The van der Waals surface area contributed by atoms with E-state index in [1.54, 1.807) is 16.2 Å². The van der Waals surface area contributed by atoms with Crippen molar-refractivity contribution in [1.82, 2.24) is 9.80 Å². The number of aryl methyl sites for hydroxylation is 1. The number of hydrogen-bond donors (Lipinski definition) is 0. The van der Waals surface area contributed by atoms with Gasteiger partial charge >= 0.3 is 0 Å². The third-order valence-corrected chi connectivity index (χ3v) is 6.88. The number of hydrogen-bond acceptors (Lipinski definition) is 3. The van der Waals surface area contributed by atoms with Gasteiger partial charge in [-0.3, -0.25) is 9.59 Å². The van der Waals surface area contributed by atoms with E-state index in [0.29, 0.717) is 6.54 Å².